The minimum Gasteiger partial charge on any atom is -0.476 e. The van der Waals surface area contributed by atoms with Gasteiger partial charge in [-0.1, -0.05) is 0 Å². The summed E-state index contributed by atoms with van der Waals surface area (Å²) in [6.45, 7) is 1.73. The number of aromatic nitrogens is 1. The maximum absolute atomic E-state index is 8.69. The van der Waals surface area contributed by atoms with Gasteiger partial charge in [0, 0.05) is 13.2 Å². The van der Waals surface area contributed by atoms with Crippen LogP contribution in [0.25, 0.3) is 0 Å². The van der Waals surface area contributed by atoms with Crippen LogP contribution < -0.4 is 15.8 Å². The van der Waals surface area contributed by atoms with Gasteiger partial charge in [-0.15, -0.1) is 0 Å². The van der Waals surface area contributed by atoms with E-state index in [2.05, 4.69) is 10.3 Å². The second-order valence-corrected chi connectivity index (χ2v) is 4.70. The van der Waals surface area contributed by atoms with Crippen molar-refractivity contribution in [3.05, 3.63) is 12.1 Å². The predicted molar refractivity (Wildman–Crippen MR) is 71.7 cm³/mol. The summed E-state index contributed by atoms with van der Waals surface area (Å²) in [6, 6.07) is 3.65. The molecule has 0 spiro atoms. The van der Waals surface area contributed by atoms with Gasteiger partial charge >= 0.3 is 0 Å². The summed E-state index contributed by atoms with van der Waals surface area (Å²) in [4.78, 5) is 4.35. The maximum atomic E-state index is 8.69. The number of nitrogens with zero attached hydrogens (tertiary/aromatic N) is 1. The van der Waals surface area contributed by atoms with E-state index in [1.807, 2.05) is 12.1 Å². The van der Waals surface area contributed by atoms with Crippen LogP contribution in [0.2, 0.25) is 0 Å². The van der Waals surface area contributed by atoms with E-state index >= 15 is 0 Å². The van der Waals surface area contributed by atoms with Crippen LogP contribution in [0.4, 0.5) is 11.5 Å². The summed E-state index contributed by atoms with van der Waals surface area (Å²) in [6.07, 6.45) is 4.21. The third-order valence-corrected chi connectivity index (χ3v) is 2.93. The average molecular weight is 251 g/mol. The molecule has 1 aromatic rings. The molecule has 0 aliphatic heterocycles. The number of ether oxygens (including phenoxy) is 1. The molecule has 0 atom stereocenters. The van der Waals surface area contributed by atoms with E-state index in [4.69, 9.17) is 15.6 Å². The Labute approximate surface area is 107 Å². The number of unbranched alkanes of at least 4 members (excludes halogenated alkanes) is 1. The zero-order valence-electron chi connectivity index (χ0n) is 10.6. The molecule has 1 aromatic heterocycles. The summed E-state index contributed by atoms with van der Waals surface area (Å²) >= 11 is 0. The Morgan fingerprint density at radius 3 is 2.94 bits per heavy atom. The Bertz CT molecular complexity index is 380. The fourth-order valence-corrected chi connectivity index (χ4v) is 1.60. The first-order chi connectivity index (χ1) is 8.79. The van der Waals surface area contributed by atoms with Gasteiger partial charge in [-0.25, -0.2) is 0 Å². The number of hydrogen-bond donors (Lipinski definition) is 3. The third-order valence-electron chi connectivity index (χ3n) is 2.93. The minimum absolute atomic E-state index is 0.229. The number of anilines is 2. The van der Waals surface area contributed by atoms with Crippen LogP contribution in [0.5, 0.6) is 5.88 Å². The van der Waals surface area contributed by atoms with Crippen LogP contribution in [0.15, 0.2) is 12.1 Å². The predicted octanol–water partition coefficient (Wildman–Crippen LogP) is 1.64. The molecule has 1 saturated carbocycles. The number of aliphatic hydroxyl groups is 1. The molecule has 0 aromatic carbocycles. The highest BCUT2D eigenvalue weighted by Gasteiger charge is 2.22. The standard InChI is InChI=1S/C13H21N3O2/c14-11-5-6-12(15-7-1-2-8-17)16-13(11)18-9-10-3-4-10/h5-6,10,17H,1-4,7-9,14H2,(H,15,16). The van der Waals surface area contributed by atoms with Crippen molar-refractivity contribution < 1.29 is 9.84 Å². The molecule has 5 nitrogen and oxygen atoms in total. The third kappa shape index (κ3) is 4.07. The van der Waals surface area contributed by atoms with E-state index in [0.29, 0.717) is 24.1 Å². The summed E-state index contributed by atoms with van der Waals surface area (Å²) in [5.74, 6) is 1.98. The first-order valence-corrected chi connectivity index (χ1v) is 6.53. The Morgan fingerprint density at radius 1 is 1.39 bits per heavy atom. The fraction of sp³-hybridized carbons (Fsp3) is 0.615. The Hall–Kier alpha value is -1.49. The van der Waals surface area contributed by atoms with Crippen molar-refractivity contribution in [3.63, 3.8) is 0 Å². The lowest BCUT2D eigenvalue weighted by molar-refractivity contribution is 0.286. The summed E-state index contributed by atoms with van der Waals surface area (Å²) in [7, 11) is 0. The van der Waals surface area contributed by atoms with Crippen molar-refractivity contribution in [2.24, 2.45) is 5.92 Å². The SMILES string of the molecule is Nc1ccc(NCCCCO)nc1OCC1CC1. The van der Waals surface area contributed by atoms with Gasteiger partial charge in [0.05, 0.1) is 12.3 Å². The van der Waals surface area contributed by atoms with E-state index in [0.717, 1.165) is 25.2 Å². The molecule has 0 radical (unpaired) electrons. The highest BCUT2D eigenvalue weighted by molar-refractivity contribution is 5.53. The molecule has 0 saturated heterocycles. The molecule has 2 rings (SSSR count). The van der Waals surface area contributed by atoms with Crippen LogP contribution >= 0.6 is 0 Å². The van der Waals surface area contributed by atoms with Gasteiger partial charge < -0.3 is 20.9 Å². The van der Waals surface area contributed by atoms with Crippen LogP contribution in [0, 0.1) is 5.92 Å². The molecule has 5 heteroatoms. The van der Waals surface area contributed by atoms with Gasteiger partial charge in [-0.2, -0.15) is 4.98 Å². The van der Waals surface area contributed by atoms with Gasteiger partial charge in [-0.3, -0.25) is 0 Å². The normalized spacial score (nSPS) is 14.5. The number of pyridine rings is 1. The van der Waals surface area contributed by atoms with Gasteiger partial charge in [0.25, 0.3) is 0 Å². The van der Waals surface area contributed by atoms with Gasteiger partial charge in [0.1, 0.15) is 5.82 Å². The minimum atomic E-state index is 0.229. The van der Waals surface area contributed by atoms with E-state index in [1.165, 1.54) is 12.8 Å². The van der Waals surface area contributed by atoms with E-state index in [9.17, 15) is 0 Å². The zero-order valence-corrected chi connectivity index (χ0v) is 10.6. The van der Waals surface area contributed by atoms with Crippen LogP contribution in [-0.4, -0.2) is 29.8 Å². The summed E-state index contributed by atoms with van der Waals surface area (Å²) in [5.41, 5.74) is 6.40. The fourth-order valence-electron chi connectivity index (χ4n) is 1.60. The lowest BCUT2D eigenvalue weighted by Gasteiger charge is -2.10. The molecule has 0 unspecified atom stereocenters. The first-order valence-electron chi connectivity index (χ1n) is 6.53. The highest BCUT2D eigenvalue weighted by atomic mass is 16.5. The molecule has 1 aliphatic rings. The number of rotatable bonds is 8. The maximum Gasteiger partial charge on any atom is 0.239 e. The number of aliphatic hydroxyl groups excluding tert-OH is 1. The lowest BCUT2D eigenvalue weighted by Crippen LogP contribution is -2.08. The summed E-state index contributed by atoms with van der Waals surface area (Å²) < 4.78 is 5.61. The highest BCUT2D eigenvalue weighted by Crippen LogP contribution is 2.30. The Balaban J connectivity index is 1.83. The topological polar surface area (TPSA) is 80.4 Å². The monoisotopic (exact) mass is 251 g/mol. The molecule has 1 fully saturated rings. The summed E-state index contributed by atoms with van der Waals surface area (Å²) in [5, 5.41) is 11.9. The van der Waals surface area contributed by atoms with Crippen molar-refractivity contribution in [3.8, 4) is 5.88 Å². The van der Waals surface area contributed by atoms with Crippen molar-refractivity contribution in [2.45, 2.75) is 25.7 Å². The van der Waals surface area contributed by atoms with Crippen LogP contribution in [0.3, 0.4) is 0 Å². The molecule has 0 bridgehead atoms. The van der Waals surface area contributed by atoms with Gasteiger partial charge in [-0.05, 0) is 43.7 Å². The molecule has 100 valence electrons. The number of hydrogen-bond acceptors (Lipinski definition) is 5. The quantitative estimate of drug-likeness (QED) is 0.612. The zero-order chi connectivity index (χ0) is 12.8. The molecule has 1 aliphatic carbocycles. The van der Waals surface area contributed by atoms with E-state index < -0.39 is 0 Å². The van der Waals surface area contributed by atoms with Crippen molar-refractivity contribution in [1.82, 2.24) is 4.98 Å². The Kier molecular flexibility index (Phi) is 4.64. The smallest absolute Gasteiger partial charge is 0.239 e. The molecule has 18 heavy (non-hydrogen) atoms. The van der Waals surface area contributed by atoms with Crippen molar-refractivity contribution in [2.75, 3.05) is 30.8 Å². The Morgan fingerprint density at radius 2 is 2.22 bits per heavy atom. The molecule has 0 amide bonds. The largest absolute Gasteiger partial charge is 0.476 e. The van der Waals surface area contributed by atoms with Gasteiger partial charge in [0.15, 0.2) is 0 Å². The van der Waals surface area contributed by atoms with Gasteiger partial charge in [0.2, 0.25) is 5.88 Å². The second-order valence-electron chi connectivity index (χ2n) is 4.70. The molecular formula is C13H21N3O2. The number of nitrogen functional groups attached to an aromatic ring is 1. The lowest BCUT2D eigenvalue weighted by atomic mass is 10.3. The number of nitrogens with two attached hydrogens (primary N) is 1. The van der Waals surface area contributed by atoms with E-state index in [1.54, 1.807) is 0 Å². The second kappa shape index (κ2) is 6.44. The molecular weight excluding hydrogens is 230 g/mol. The van der Waals surface area contributed by atoms with Crippen molar-refractivity contribution in [1.29, 1.82) is 0 Å². The molecule has 4 N–H and O–H groups in total. The first kappa shape index (κ1) is 13.0. The number of nitrogens with one attached hydrogen (secondary N) is 1. The van der Waals surface area contributed by atoms with Crippen LogP contribution in [-0.2, 0) is 0 Å². The molecule has 1 heterocycles. The van der Waals surface area contributed by atoms with Crippen molar-refractivity contribution >= 4 is 11.5 Å². The average Bonchev–Trinajstić information content (AvgIpc) is 3.19. The van der Waals surface area contributed by atoms with Crippen LogP contribution in [0.1, 0.15) is 25.7 Å². The van der Waals surface area contributed by atoms with E-state index in [-0.39, 0.29) is 6.61 Å².